The standard InChI is InChI=1S/C7H7ClS2/c8-5-3-6(4-1-2-4)10-7(5)9/h3-4,9H,1-2H2. The summed E-state index contributed by atoms with van der Waals surface area (Å²) in [5, 5.41) is 0.815. The van der Waals surface area contributed by atoms with Crippen LogP contribution in [0.3, 0.4) is 0 Å². The Bertz CT molecular complexity index is 231. The zero-order valence-corrected chi connectivity index (χ0v) is 7.77. The van der Waals surface area contributed by atoms with E-state index in [1.807, 2.05) is 6.07 Å². The SMILES string of the molecule is Sc1sc(C2CC2)cc1Cl. The molecule has 0 saturated heterocycles. The highest BCUT2D eigenvalue weighted by Crippen LogP contribution is 2.46. The lowest BCUT2D eigenvalue weighted by atomic mass is 10.3. The van der Waals surface area contributed by atoms with Gasteiger partial charge in [-0.25, -0.2) is 0 Å². The molecule has 2 rings (SSSR count). The molecule has 0 bridgehead atoms. The van der Waals surface area contributed by atoms with Crippen LogP contribution in [0.5, 0.6) is 0 Å². The maximum Gasteiger partial charge on any atom is 0.0757 e. The van der Waals surface area contributed by atoms with Crippen molar-refractivity contribution < 1.29 is 0 Å². The normalized spacial score (nSPS) is 17.8. The molecule has 0 radical (unpaired) electrons. The highest BCUT2D eigenvalue weighted by molar-refractivity contribution is 7.83. The summed E-state index contributed by atoms with van der Waals surface area (Å²) in [6.07, 6.45) is 2.67. The second-order valence-corrected chi connectivity index (χ2v) is 4.82. The van der Waals surface area contributed by atoms with Crippen LogP contribution in [0.1, 0.15) is 23.6 Å². The summed E-state index contributed by atoms with van der Waals surface area (Å²) < 4.78 is 0.962. The number of halogens is 1. The molecule has 1 aliphatic rings. The predicted molar refractivity (Wildman–Crippen MR) is 48.6 cm³/mol. The van der Waals surface area contributed by atoms with Crippen molar-refractivity contribution in [1.29, 1.82) is 0 Å². The smallest absolute Gasteiger partial charge is 0.0757 e. The summed E-state index contributed by atoms with van der Waals surface area (Å²) in [6.45, 7) is 0. The quantitative estimate of drug-likeness (QED) is 0.644. The highest BCUT2D eigenvalue weighted by Gasteiger charge is 2.25. The first kappa shape index (κ1) is 7.01. The van der Waals surface area contributed by atoms with E-state index in [4.69, 9.17) is 11.6 Å². The van der Waals surface area contributed by atoms with E-state index in [1.54, 1.807) is 11.3 Å². The molecule has 0 unspecified atom stereocenters. The van der Waals surface area contributed by atoms with E-state index in [0.29, 0.717) is 0 Å². The van der Waals surface area contributed by atoms with E-state index < -0.39 is 0 Å². The molecule has 0 atom stereocenters. The Labute approximate surface area is 74.6 Å². The first-order valence-electron chi connectivity index (χ1n) is 3.25. The number of thiophene rings is 1. The Kier molecular flexibility index (Phi) is 1.71. The Hall–Kier alpha value is 0.340. The Morgan fingerprint density at radius 3 is 2.70 bits per heavy atom. The zero-order chi connectivity index (χ0) is 7.14. The molecule has 0 amide bonds. The molecule has 0 spiro atoms. The molecule has 1 fully saturated rings. The molecule has 0 N–H and O–H groups in total. The van der Waals surface area contributed by atoms with Gasteiger partial charge in [0, 0.05) is 4.88 Å². The molecule has 1 aliphatic carbocycles. The van der Waals surface area contributed by atoms with Crippen LogP contribution in [0.2, 0.25) is 5.02 Å². The van der Waals surface area contributed by atoms with Crippen LogP contribution in [0.4, 0.5) is 0 Å². The van der Waals surface area contributed by atoms with Crippen LogP contribution >= 0.6 is 35.6 Å². The van der Waals surface area contributed by atoms with Crippen LogP contribution in [-0.4, -0.2) is 0 Å². The lowest BCUT2D eigenvalue weighted by Gasteiger charge is -1.83. The third-order valence-corrected chi connectivity index (χ3v) is 3.82. The molecular weight excluding hydrogens is 184 g/mol. The molecule has 1 heterocycles. The van der Waals surface area contributed by atoms with Gasteiger partial charge in [0.05, 0.1) is 9.23 Å². The monoisotopic (exact) mass is 190 g/mol. The molecule has 1 aromatic heterocycles. The van der Waals surface area contributed by atoms with Crippen molar-refractivity contribution in [2.75, 3.05) is 0 Å². The van der Waals surface area contributed by atoms with Crippen LogP contribution in [0, 0.1) is 0 Å². The van der Waals surface area contributed by atoms with Gasteiger partial charge in [-0.3, -0.25) is 0 Å². The number of hydrogen-bond acceptors (Lipinski definition) is 2. The minimum absolute atomic E-state index is 0.809. The summed E-state index contributed by atoms with van der Waals surface area (Å²) in [5.74, 6) is 0.809. The van der Waals surface area contributed by atoms with Crippen molar-refractivity contribution in [1.82, 2.24) is 0 Å². The third kappa shape index (κ3) is 1.20. The van der Waals surface area contributed by atoms with Crippen molar-refractivity contribution in [2.24, 2.45) is 0 Å². The van der Waals surface area contributed by atoms with Gasteiger partial charge in [-0.1, -0.05) is 11.6 Å². The zero-order valence-electron chi connectivity index (χ0n) is 5.30. The molecule has 0 aliphatic heterocycles. The van der Waals surface area contributed by atoms with Crippen molar-refractivity contribution in [3.8, 4) is 0 Å². The van der Waals surface area contributed by atoms with E-state index >= 15 is 0 Å². The second kappa shape index (κ2) is 2.43. The third-order valence-electron chi connectivity index (χ3n) is 1.67. The minimum atomic E-state index is 0.809. The summed E-state index contributed by atoms with van der Waals surface area (Å²) in [6, 6.07) is 2.05. The van der Waals surface area contributed by atoms with E-state index in [-0.39, 0.29) is 0 Å². The lowest BCUT2D eigenvalue weighted by Crippen LogP contribution is -1.63. The number of thiol groups is 1. The van der Waals surface area contributed by atoms with Crippen LogP contribution in [0.25, 0.3) is 0 Å². The molecule has 1 saturated carbocycles. The molecule has 54 valence electrons. The minimum Gasteiger partial charge on any atom is -0.132 e. The van der Waals surface area contributed by atoms with Gasteiger partial charge in [0.25, 0.3) is 0 Å². The largest absolute Gasteiger partial charge is 0.132 e. The second-order valence-electron chi connectivity index (χ2n) is 2.58. The molecular formula is C7H7ClS2. The fourth-order valence-electron chi connectivity index (χ4n) is 0.946. The van der Waals surface area contributed by atoms with Gasteiger partial charge in [0.15, 0.2) is 0 Å². The van der Waals surface area contributed by atoms with Crippen molar-refractivity contribution in [3.63, 3.8) is 0 Å². The van der Waals surface area contributed by atoms with E-state index in [2.05, 4.69) is 12.6 Å². The first-order chi connectivity index (χ1) is 4.77. The van der Waals surface area contributed by atoms with Crippen molar-refractivity contribution >= 4 is 35.6 Å². The average Bonchev–Trinajstić information content (AvgIpc) is 2.64. The summed E-state index contributed by atoms with van der Waals surface area (Å²) in [4.78, 5) is 1.41. The van der Waals surface area contributed by atoms with Crippen molar-refractivity contribution in [2.45, 2.75) is 23.0 Å². The fourth-order valence-corrected chi connectivity index (χ4v) is 2.58. The Balaban J connectivity index is 2.34. The van der Waals surface area contributed by atoms with E-state index in [9.17, 15) is 0 Å². The maximum atomic E-state index is 5.84. The molecule has 0 aromatic carbocycles. The van der Waals surface area contributed by atoms with Crippen LogP contribution < -0.4 is 0 Å². The molecule has 1 aromatic rings. The van der Waals surface area contributed by atoms with Gasteiger partial charge in [-0.05, 0) is 24.8 Å². The van der Waals surface area contributed by atoms with E-state index in [0.717, 1.165) is 15.1 Å². The van der Waals surface area contributed by atoms with Gasteiger partial charge in [0.1, 0.15) is 0 Å². The van der Waals surface area contributed by atoms with Crippen LogP contribution in [-0.2, 0) is 0 Å². The Morgan fingerprint density at radius 2 is 2.30 bits per heavy atom. The van der Waals surface area contributed by atoms with Gasteiger partial charge in [-0.15, -0.1) is 24.0 Å². The number of rotatable bonds is 1. The van der Waals surface area contributed by atoms with Gasteiger partial charge < -0.3 is 0 Å². The molecule has 3 heteroatoms. The predicted octanol–water partition coefficient (Wildman–Crippen LogP) is 3.57. The highest BCUT2D eigenvalue weighted by atomic mass is 35.5. The fraction of sp³-hybridized carbons (Fsp3) is 0.429. The lowest BCUT2D eigenvalue weighted by molar-refractivity contribution is 1.18. The average molecular weight is 191 g/mol. The maximum absolute atomic E-state index is 5.84. The summed E-state index contributed by atoms with van der Waals surface area (Å²) in [5.41, 5.74) is 0. The molecule has 10 heavy (non-hydrogen) atoms. The van der Waals surface area contributed by atoms with Crippen LogP contribution in [0.15, 0.2) is 10.3 Å². The first-order valence-corrected chi connectivity index (χ1v) is 4.90. The number of hydrogen-bond donors (Lipinski definition) is 1. The van der Waals surface area contributed by atoms with E-state index in [1.165, 1.54) is 17.7 Å². The summed E-state index contributed by atoms with van der Waals surface area (Å²) in [7, 11) is 0. The van der Waals surface area contributed by atoms with Gasteiger partial charge >= 0.3 is 0 Å². The topological polar surface area (TPSA) is 0 Å². The Morgan fingerprint density at radius 1 is 1.60 bits per heavy atom. The van der Waals surface area contributed by atoms with Crippen molar-refractivity contribution in [3.05, 3.63) is 16.0 Å². The van der Waals surface area contributed by atoms with Gasteiger partial charge in [-0.2, -0.15) is 0 Å². The molecule has 0 nitrogen and oxygen atoms in total. The summed E-state index contributed by atoms with van der Waals surface area (Å²) >= 11 is 11.8. The van der Waals surface area contributed by atoms with Gasteiger partial charge in [0.2, 0.25) is 0 Å².